The van der Waals surface area contributed by atoms with Gasteiger partial charge in [-0.2, -0.15) is 4.99 Å². The second-order valence-electron chi connectivity index (χ2n) is 7.48. The number of hydrogen-bond acceptors (Lipinski definition) is 8. The molecule has 3 rings (SSSR count). The average molecular weight is 460 g/mol. The second-order valence-corrected chi connectivity index (χ2v) is 7.48. The number of carbonyl (C=O) groups excluding carboxylic acids is 3. The first-order valence-corrected chi connectivity index (χ1v) is 10.2. The van der Waals surface area contributed by atoms with Crippen LogP contribution in [-0.4, -0.2) is 32.1 Å². The van der Waals surface area contributed by atoms with Crippen LogP contribution in [0.15, 0.2) is 53.5 Å². The minimum atomic E-state index is -0.523. The molecule has 174 valence electrons. The number of hydrogen-bond donors (Lipinski definition) is 2. The lowest BCUT2D eigenvalue weighted by molar-refractivity contribution is -0.131. The van der Waals surface area contributed by atoms with Gasteiger partial charge in [0, 0.05) is 25.1 Å². The zero-order valence-corrected chi connectivity index (χ0v) is 19.2. The molecule has 0 saturated carbocycles. The van der Waals surface area contributed by atoms with E-state index in [1.165, 1.54) is 38.1 Å². The summed E-state index contributed by atoms with van der Waals surface area (Å²) >= 11 is 0. The SMILES string of the molecule is COc1c(-c2cccc(N)c2N)ccc(C(=O)N(C)c2ccc(C)cc2OC(C)=O)c1N=C=O. The maximum Gasteiger partial charge on any atom is 0.308 e. The Balaban J connectivity index is 2.17. The molecule has 0 fully saturated rings. The van der Waals surface area contributed by atoms with Gasteiger partial charge in [-0.05, 0) is 42.8 Å². The smallest absolute Gasteiger partial charge is 0.308 e. The molecular weight excluding hydrogens is 436 g/mol. The summed E-state index contributed by atoms with van der Waals surface area (Å²) in [6.07, 6.45) is 1.48. The molecular formula is C25H24N4O5. The van der Waals surface area contributed by atoms with E-state index < -0.39 is 11.9 Å². The Hall–Kier alpha value is -4.62. The van der Waals surface area contributed by atoms with Gasteiger partial charge in [0.2, 0.25) is 6.08 Å². The van der Waals surface area contributed by atoms with E-state index in [0.29, 0.717) is 28.2 Å². The molecule has 4 N–H and O–H groups in total. The predicted molar refractivity (Wildman–Crippen MR) is 130 cm³/mol. The molecule has 9 heteroatoms. The summed E-state index contributed by atoms with van der Waals surface area (Å²) in [5, 5.41) is 0. The normalized spacial score (nSPS) is 10.2. The Morgan fingerprint density at radius 1 is 1.06 bits per heavy atom. The minimum Gasteiger partial charge on any atom is -0.494 e. The summed E-state index contributed by atoms with van der Waals surface area (Å²) in [4.78, 5) is 41.4. The van der Waals surface area contributed by atoms with Crippen LogP contribution in [0.2, 0.25) is 0 Å². The van der Waals surface area contributed by atoms with Crippen molar-refractivity contribution in [1.82, 2.24) is 0 Å². The molecule has 0 aromatic heterocycles. The molecule has 9 nitrogen and oxygen atoms in total. The second kappa shape index (κ2) is 9.89. The van der Waals surface area contributed by atoms with E-state index in [4.69, 9.17) is 20.9 Å². The molecule has 3 aromatic rings. The number of methoxy groups -OCH3 is 1. The predicted octanol–water partition coefficient (Wildman–Crippen LogP) is 4.00. The standard InChI is InChI=1S/C25H24N4O5/c1-14-8-11-20(21(12-14)34-15(2)31)29(3)25(32)18-10-9-17(24(33-4)23(18)28-13-30)16-6-5-7-19(26)22(16)27/h5-12H,26-27H2,1-4H3. The average Bonchev–Trinajstić information content (AvgIpc) is 2.79. The maximum atomic E-state index is 13.5. The Kier molecular flexibility index (Phi) is 6.99. The summed E-state index contributed by atoms with van der Waals surface area (Å²) in [6.45, 7) is 3.11. The Bertz CT molecular complexity index is 1330. The lowest BCUT2D eigenvalue weighted by Crippen LogP contribution is -2.27. The van der Waals surface area contributed by atoms with Crippen LogP contribution in [0, 0.1) is 6.92 Å². The number of isocyanates is 1. The Labute approximate surface area is 196 Å². The van der Waals surface area contributed by atoms with Crippen LogP contribution in [0.3, 0.4) is 0 Å². The largest absolute Gasteiger partial charge is 0.494 e. The number of rotatable bonds is 6. The number of anilines is 3. The van der Waals surface area contributed by atoms with Crippen molar-refractivity contribution in [3.63, 3.8) is 0 Å². The molecule has 0 aliphatic heterocycles. The first kappa shape index (κ1) is 24.0. The zero-order valence-electron chi connectivity index (χ0n) is 19.2. The van der Waals surface area contributed by atoms with Crippen molar-refractivity contribution in [2.45, 2.75) is 13.8 Å². The number of para-hydroxylation sites is 1. The fourth-order valence-corrected chi connectivity index (χ4v) is 3.56. The van der Waals surface area contributed by atoms with Crippen molar-refractivity contribution < 1.29 is 23.9 Å². The van der Waals surface area contributed by atoms with Crippen molar-refractivity contribution in [1.29, 1.82) is 0 Å². The van der Waals surface area contributed by atoms with E-state index in [0.717, 1.165) is 5.56 Å². The molecule has 0 radical (unpaired) electrons. The van der Waals surface area contributed by atoms with E-state index in [1.807, 2.05) is 6.92 Å². The molecule has 0 aliphatic carbocycles. The van der Waals surface area contributed by atoms with Crippen molar-refractivity contribution in [2.75, 3.05) is 30.5 Å². The third-order valence-corrected chi connectivity index (χ3v) is 5.19. The molecule has 0 spiro atoms. The van der Waals surface area contributed by atoms with Gasteiger partial charge in [0.25, 0.3) is 5.91 Å². The summed E-state index contributed by atoms with van der Waals surface area (Å²) in [6, 6.07) is 13.4. The molecule has 0 heterocycles. The molecule has 0 atom stereocenters. The molecule has 0 bridgehead atoms. The van der Waals surface area contributed by atoms with Crippen LogP contribution in [0.25, 0.3) is 11.1 Å². The lowest BCUT2D eigenvalue weighted by Gasteiger charge is -2.22. The zero-order chi connectivity index (χ0) is 25.0. The summed E-state index contributed by atoms with van der Waals surface area (Å²) in [5.74, 6) is -0.662. The number of ether oxygens (including phenoxy) is 2. The monoisotopic (exact) mass is 460 g/mol. The Morgan fingerprint density at radius 3 is 2.44 bits per heavy atom. The highest BCUT2D eigenvalue weighted by atomic mass is 16.5. The van der Waals surface area contributed by atoms with E-state index in [9.17, 15) is 14.4 Å². The number of nitrogens with zero attached hydrogens (tertiary/aromatic N) is 2. The summed E-state index contributed by atoms with van der Waals surface area (Å²) < 4.78 is 10.8. The highest BCUT2D eigenvalue weighted by Gasteiger charge is 2.25. The molecule has 34 heavy (non-hydrogen) atoms. The number of amides is 1. The highest BCUT2D eigenvalue weighted by Crippen LogP contribution is 2.44. The number of carbonyl (C=O) groups is 2. The van der Waals surface area contributed by atoms with Gasteiger partial charge >= 0.3 is 5.97 Å². The van der Waals surface area contributed by atoms with E-state index in [1.54, 1.807) is 42.5 Å². The van der Waals surface area contributed by atoms with Gasteiger partial charge in [0.15, 0.2) is 11.5 Å². The molecule has 0 saturated heterocycles. The van der Waals surface area contributed by atoms with Crippen molar-refractivity contribution in [2.24, 2.45) is 4.99 Å². The third kappa shape index (κ3) is 4.60. The van der Waals surface area contributed by atoms with Gasteiger partial charge in [-0.25, -0.2) is 4.79 Å². The van der Waals surface area contributed by atoms with Crippen LogP contribution in [-0.2, 0) is 9.59 Å². The van der Waals surface area contributed by atoms with Gasteiger partial charge in [0.05, 0.1) is 29.7 Å². The molecule has 3 aromatic carbocycles. The fourth-order valence-electron chi connectivity index (χ4n) is 3.56. The van der Waals surface area contributed by atoms with E-state index >= 15 is 0 Å². The third-order valence-electron chi connectivity index (χ3n) is 5.19. The Morgan fingerprint density at radius 2 is 1.79 bits per heavy atom. The van der Waals surface area contributed by atoms with Gasteiger partial charge in [0.1, 0.15) is 5.69 Å². The quantitative estimate of drug-likeness (QED) is 0.186. The van der Waals surface area contributed by atoms with Crippen LogP contribution < -0.4 is 25.8 Å². The van der Waals surface area contributed by atoms with Gasteiger partial charge in [-0.3, -0.25) is 9.59 Å². The van der Waals surface area contributed by atoms with E-state index in [2.05, 4.69) is 4.99 Å². The maximum absolute atomic E-state index is 13.5. The highest BCUT2D eigenvalue weighted by molar-refractivity contribution is 6.11. The number of aliphatic imine (C=N–C) groups is 1. The van der Waals surface area contributed by atoms with Crippen molar-refractivity contribution in [3.8, 4) is 22.6 Å². The van der Waals surface area contributed by atoms with Crippen molar-refractivity contribution >= 4 is 40.7 Å². The topological polar surface area (TPSA) is 137 Å². The number of nitrogen functional groups attached to an aromatic ring is 2. The van der Waals surface area contributed by atoms with Crippen LogP contribution in [0.5, 0.6) is 11.5 Å². The molecule has 1 amide bonds. The van der Waals surface area contributed by atoms with Gasteiger partial charge < -0.3 is 25.8 Å². The lowest BCUT2D eigenvalue weighted by atomic mass is 9.98. The van der Waals surface area contributed by atoms with Crippen LogP contribution in [0.1, 0.15) is 22.8 Å². The number of benzene rings is 3. The summed E-state index contributed by atoms with van der Waals surface area (Å²) in [7, 11) is 2.91. The number of esters is 1. The van der Waals surface area contributed by atoms with Crippen molar-refractivity contribution in [3.05, 3.63) is 59.7 Å². The minimum absolute atomic E-state index is 0.0187. The van der Waals surface area contributed by atoms with Gasteiger partial charge in [-0.1, -0.05) is 18.2 Å². The van der Waals surface area contributed by atoms with E-state index in [-0.39, 0.29) is 22.7 Å². The first-order valence-electron chi connectivity index (χ1n) is 10.2. The number of nitrogens with two attached hydrogens (primary N) is 2. The number of aryl methyl sites for hydroxylation is 1. The van der Waals surface area contributed by atoms with Crippen LogP contribution >= 0.6 is 0 Å². The first-order chi connectivity index (χ1) is 16.2. The van der Waals surface area contributed by atoms with Gasteiger partial charge in [-0.15, -0.1) is 0 Å². The fraction of sp³-hybridized carbons (Fsp3) is 0.160. The molecule has 0 unspecified atom stereocenters. The van der Waals surface area contributed by atoms with Crippen LogP contribution in [0.4, 0.5) is 22.7 Å². The summed E-state index contributed by atoms with van der Waals surface area (Å²) in [5.41, 5.74) is 15.1. The molecule has 0 aliphatic rings.